The summed E-state index contributed by atoms with van der Waals surface area (Å²) in [6.45, 7) is 1.66. The average Bonchev–Trinajstić information content (AvgIpc) is 2.55. The monoisotopic (exact) mass is 233 g/mol. The third kappa shape index (κ3) is 1.69. The van der Waals surface area contributed by atoms with Crippen LogP contribution in [0.2, 0.25) is 0 Å². The summed E-state index contributed by atoms with van der Waals surface area (Å²) in [5.41, 5.74) is 0.445. The van der Waals surface area contributed by atoms with Crippen molar-refractivity contribution in [1.29, 1.82) is 0 Å². The first-order valence-corrected chi connectivity index (χ1v) is 5.22. The fourth-order valence-corrected chi connectivity index (χ4v) is 1.65. The van der Waals surface area contributed by atoms with Gasteiger partial charge in [-0.05, 0) is 12.1 Å². The molecule has 17 heavy (non-hydrogen) atoms. The van der Waals surface area contributed by atoms with E-state index in [4.69, 9.17) is 4.74 Å². The first-order chi connectivity index (χ1) is 8.06. The average molecular weight is 233 g/mol. The molecular formula is C12H11NO4. The molecule has 2 amide bonds. The first kappa shape index (κ1) is 11.3. The van der Waals surface area contributed by atoms with Gasteiger partial charge in [0.25, 0.3) is 11.8 Å². The second kappa shape index (κ2) is 4.01. The molecule has 0 spiro atoms. The Bertz CT molecular complexity index is 521. The van der Waals surface area contributed by atoms with Crippen LogP contribution in [0.15, 0.2) is 18.2 Å². The zero-order chi connectivity index (χ0) is 12.6. The number of hydrogen-bond donors (Lipinski definition) is 0. The van der Waals surface area contributed by atoms with Crippen LogP contribution < -0.4 is 4.74 Å². The first-order valence-electron chi connectivity index (χ1n) is 5.22. The molecule has 1 heterocycles. The number of amides is 2. The quantitative estimate of drug-likeness (QED) is 0.438. The number of imide groups is 1. The highest BCUT2D eigenvalue weighted by atomic mass is 16.5. The van der Waals surface area contributed by atoms with Crippen molar-refractivity contribution < 1.29 is 19.1 Å². The zero-order valence-electron chi connectivity index (χ0n) is 9.52. The molecule has 1 aromatic carbocycles. The van der Waals surface area contributed by atoms with Crippen molar-refractivity contribution in [2.45, 2.75) is 13.3 Å². The number of ether oxygens (including phenoxy) is 1. The Morgan fingerprint density at radius 2 is 2.00 bits per heavy atom. The van der Waals surface area contributed by atoms with Crippen molar-refractivity contribution in [3.05, 3.63) is 29.3 Å². The van der Waals surface area contributed by atoms with Gasteiger partial charge in [-0.2, -0.15) is 0 Å². The predicted molar refractivity (Wildman–Crippen MR) is 58.8 cm³/mol. The number of nitrogens with zero attached hydrogens (tertiary/aromatic N) is 1. The van der Waals surface area contributed by atoms with E-state index in [0.717, 1.165) is 4.90 Å². The van der Waals surface area contributed by atoms with Gasteiger partial charge in [-0.25, -0.2) is 0 Å². The van der Waals surface area contributed by atoms with Crippen LogP contribution in [-0.2, 0) is 4.79 Å². The number of carbonyl (C=O) groups excluding carboxylic acids is 3. The van der Waals surface area contributed by atoms with E-state index in [1.807, 2.05) is 0 Å². The lowest BCUT2D eigenvalue weighted by molar-refractivity contribution is -0.134. The molecule has 1 aliphatic heterocycles. The Labute approximate surface area is 98.0 Å². The van der Waals surface area contributed by atoms with Crippen LogP contribution in [0.25, 0.3) is 0 Å². The third-order valence-electron chi connectivity index (χ3n) is 2.59. The van der Waals surface area contributed by atoms with Gasteiger partial charge in [0.05, 0.1) is 11.1 Å². The van der Waals surface area contributed by atoms with Gasteiger partial charge in [0, 0.05) is 13.5 Å². The van der Waals surface area contributed by atoms with Crippen molar-refractivity contribution in [2.24, 2.45) is 0 Å². The van der Waals surface area contributed by atoms with Crippen molar-refractivity contribution in [1.82, 2.24) is 4.90 Å². The van der Waals surface area contributed by atoms with Gasteiger partial charge in [-0.3, -0.25) is 19.3 Å². The van der Waals surface area contributed by atoms with Crippen LogP contribution in [0.4, 0.5) is 0 Å². The largest absolute Gasteiger partial charge is 0.426 e. The Balaban J connectivity index is 2.49. The zero-order valence-corrected chi connectivity index (χ0v) is 9.52. The van der Waals surface area contributed by atoms with E-state index < -0.39 is 11.9 Å². The number of esters is 1. The van der Waals surface area contributed by atoms with Crippen molar-refractivity contribution >= 4 is 17.8 Å². The summed E-state index contributed by atoms with van der Waals surface area (Å²) < 4.78 is 5.03. The molecule has 5 heteroatoms. The van der Waals surface area contributed by atoms with Gasteiger partial charge in [0.2, 0.25) is 0 Å². The lowest BCUT2D eigenvalue weighted by Crippen LogP contribution is -2.24. The molecule has 88 valence electrons. The van der Waals surface area contributed by atoms with Gasteiger partial charge in [0.15, 0.2) is 0 Å². The molecule has 0 fully saturated rings. The molecule has 0 bridgehead atoms. The summed E-state index contributed by atoms with van der Waals surface area (Å²) in [7, 11) is 1.40. The molecular weight excluding hydrogens is 222 g/mol. The van der Waals surface area contributed by atoms with Gasteiger partial charge in [-0.1, -0.05) is 13.0 Å². The molecule has 0 aliphatic carbocycles. The second-order valence-corrected chi connectivity index (χ2v) is 3.68. The van der Waals surface area contributed by atoms with Gasteiger partial charge in [-0.15, -0.1) is 0 Å². The van der Waals surface area contributed by atoms with E-state index in [9.17, 15) is 14.4 Å². The summed E-state index contributed by atoms with van der Waals surface area (Å²) >= 11 is 0. The van der Waals surface area contributed by atoms with E-state index in [1.165, 1.54) is 13.1 Å². The Hall–Kier alpha value is -2.17. The van der Waals surface area contributed by atoms with Crippen LogP contribution >= 0.6 is 0 Å². The lowest BCUT2D eigenvalue weighted by Gasteiger charge is -2.06. The van der Waals surface area contributed by atoms with Gasteiger partial charge < -0.3 is 4.74 Å². The van der Waals surface area contributed by atoms with Crippen LogP contribution in [0.3, 0.4) is 0 Å². The van der Waals surface area contributed by atoms with E-state index >= 15 is 0 Å². The van der Waals surface area contributed by atoms with E-state index in [0.29, 0.717) is 0 Å². The summed E-state index contributed by atoms with van der Waals surface area (Å²) in [6, 6.07) is 4.64. The van der Waals surface area contributed by atoms with Crippen molar-refractivity contribution in [3.8, 4) is 5.75 Å². The highest BCUT2D eigenvalue weighted by Crippen LogP contribution is 2.30. The van der Waals surface area contributed by atoms with Crippen LogP contribution in [-0.4, -0.2) is 29.7 Å². The fraction of sp³-hybridized carbons (Fsp3) is 0.250. The molecule has 0 N–H and O–H groups in total. The molecule has 0 saturated heterocycles. The maximum Gasteiger partial charge on any atom is 0.310 e. The minimum absolute atomic E-state index is 0.150. The Kier molecular flexibility index (Phi) is 2.67. The minimum Gasteiger partial charge on any atom is -0.426 e. The van der Waals surface area contributed by atoms with E-state index in [1.54, 1.807) is 19.1 Å². The number of fused-ring (bicyclic) bond motifs is 1. The number of hydrogen-bond acceptors (Lipinski definition) is 4. The molecule has 0 unspecified atom stereocenters. The highest BCUT2D eigenvalue weighted by Gasteiger charge is 2.35. The Morgan fingerprint density at radius 1 is 1.29 bits per heavy atom. The standard InChI is InChI=1S/C12H11NO4/c1-3-9(14)17-8-6-4-5-7-10(8)12(16)13(2)11(7)15/h4-6H,3H2,1-2H3. The fourth-order valence-electron chi connectivity index (χ4n) is 1.65. The number of rotatable bonds is 2. The lowest BCUT2D eigenvalue weighted by atomic mass is 10.1. The molecule has 1 aliphatic rings. The maximum atomic E-state index is 11.8. The van der Waals surface area contributed by atoms with Crippen LogP contribution in [0.5, 0.6) is 5.75 Å². The van der Waals surface area contributed by atoms with Crippen LogP contribution in [0, 0.1) is 0 Å². The van der Waals surface area contributed by atoms with E-state index in [2.05, 4.69) is 0 Å². The molecule has 5 nitrogen and oxygen atoms in total. The molecule has 0 radical (unpaired) electrons. The summed E-state index contributed by atoms with van der Waals surface area (Å²) in [5, 5.41) is 0. The smallest absolute Gasteiger partial charge is 0.310 e. The SMILES string of the molecule is CCC(=O)Oc1cccc2c1C(=O)N(C)C2=O. The molecule has 0 aromatic heterocycles. The number of carbonyl (C=O) groups is 3. The summed E-state index contributed by atoms with van der Waals surface area (Å²) in [5.74, 6) is -1.10. The molecule has 0 saturated carbocycles. The highest BCUT2D eigenvalue weighted by molar-refractivity contribution is 6.22. The topological polar surface area (TPSA) is 63.7 Å². The third-order valence-corrected chi connectivity index (χ3v) is 2.59. The molecule has 0 atom stereocenters. The normalized spacial score (nSPS) is 13.9. The van der Waals surface area contributed by atoms with E-state index in [-0.39, 0.29) is 29.2 Å². The van der Waals surface area contributed by atoms with Crippen LogP contribution in [0.1, 0.15) is 34.1 Å². The number of benzene rings is 1. The Morgan fingerprint density at radius 3 is 2.65 bits per heavy atom. The molecule has 1 aromatic rings. The second-order valence-electron chi connectivity index (χ2n) is 3.68. The predicted octanol–water partition coefficient (Wildman–Crippen LogP) is 1.23. The minimum atomic E-state index is -0.440. The maximum absolute atomic E-state index is 11.8. The summed E-state index contributed by atoms with van der Waals surface area (Å²) in [6.07, 6.45) is 0.210. The van der Waals surface area contributed by atoms with Gasteiger partial charge >= 0.3 is 5.97 Å². The summed E-state index contributed by atoms with van der Waals surface area (Å²) in [4.78, 5) is 35.7. The molecule has 2 rings (SSSR count). The van der Waals surface area contributed by atoms with Gasteiger partial charge in [0.1, 0.15) is 5.75 Å². The van der Waals surface area contributed by atoms with Crippen molar-refractivity contribution in [2.75, 3.05) is 7.05 Å². The van der Waals surface area contributed by atoms with Crippen molar-refractivity contribution in [3.63, 3.8) is 0 Å².